The number of nitrogens with zero attached hydrogens (tertiary/aromatic N) is 2. The molecule has 5 rings (SSSR count). The summed E-state index contributed by atoms with van der Waals surface area (Å²) in [6.07, 6.45) is 2.22. The molecule has 120 valence electrons. The first kappa shape index (κ1) is 13.8. The molecule has 4 heteroatoms. The first-order valence-corrected chi connectivity index (χ1v) is 8.79. The predicted molar refractivity (Wildman–Crippen MR) is 88.5 cm³/mol. The lowest BCUT2D eigenvalue weighted by Gasteiger charge is -2.50. The zero-order chi connectivity index (χ0) is 15.7. The van der Waals surface area contributed by atoms with Gasteiger partial charge in [-0.2, -0.15) is 0 Å². The van der Waals surface area contributed by atoms with Crippen LogP contribution in [0, 0.1) is 11.8 Å². The van der Waals surface area contributed by atoms with Crippen molar-refractivity contribution in [2.24, 2.45) is 11.8 Å². The Hall–Kier alpha value is -1.65. The van der Waals surface area contributed by atoms with Gasteiger partial charge in [0.25, 0.3) is 5.91 Å². The average molecular weight is 310 g/mol. The van der Waals surface area contributed by atoms with Gasteiger partial charge in [-0.15, -0.1) is 0 Å². The molecule has 0 saturated carbocycles. The Kier molecular flexibility index (Phi) is 2.80. The van der Waals surface area contributed by atoms with Crippen molar-refractivity contribution < 1.29 is 9.90 Å². The van der Waals surface area contributed by atoms with Gasteiger partial charge in [0.2, 0.25) is 0 Å². The highest BCUT2D eigenvalue weighted by Gasteiger charge is 2.50. The van der Waals surface area contributed by atoms with E-state index in [2.05, 4.69) is 17.9 Å². The van der Waals surface area contributed by atoms with Gasteiger partial charge in [0, 0.05) is 30.1 Å². The maximum absolute atomic E-state index is 12.9. The van der Waals surface area contributed by atoms with Crippen molar-refractivity contribution in [1.82, 2.24) is 9.47 Å². The average Bonchev–Trinajstić information content (AvgIpc) is 2.93. The van der Waals surface area contributed by atoms with E-state index in [1.165, 1.54) is 16.6 Å². The first-order chi connectivity index (χ1) is 11.2. The molecule has 0 amide bonds. The van der Waals surface area contributed by atoms with Gasteiger partial charge in [-0.25, -0.2) is 0 Å². The van der Waals surface area contributed by atoms with Crippen molar-refractivity contribution in [3.8, 4) is 0 Å². The van der Waals surface area contributed by atoms with Gasteiger partial charge in [-0.1, -0.05) is 31.5 Å². The van der Waals surface area contributed by atoms with Crippen LogP contribution in [0.1, 0.15) is 41.9 Å². The second-order valence-electron chi connectivity index (χ2n) is 7.36. The van der Waals surface area contributed by atoms with Crippen molar-refractivity contribution in [2.75, 3.05) is 13.1 Å². The SMILES string of the molecule is CCC1CC2C(O)C(=O)n3c4c(c5ccccc53)CCN(C1)C42. The molecule has 0 radical (unpaired) electrons. The van der Waals surface area contributed by atoms with E-state index in [1.807, 2.05) is 22.8 Å². The molecule has 0 spiro atoms. The molecule has 0 aliphatic carbocycles. The van der Waals surface area contributed by atoms with E-state index in [4.69, 9.17) is 0 Å². The molecule has 1 saturated heterocycles. The van der Waals surface area contributed by atoms with Gasteiger partial charge in [0.05, 0.1) is 11.6 Å². The van der Waals surface area contributed by atoms with E-state index in [0.29, 0.717) is 5.92 Å². The van der Waals surface area contributed by atoms with Gasteiger partial charge in [0.1, 0.15) is 6.10 Å². The van der Waals surface area contributed by atoms with Crippen LogP contribution >= 0.6 is 0 Å². The summed E-state index contributed by atoms with van der Waals surface area (Å²) in [4.78, 5) is 15.4. The molecule has 2 aromatic rings. The summed E-state index contributed by atoms with van der Waals surface area (Å²) in [5.74, 6) is 0.524. The highest BCUT2D eigenvalue weighted by molar-refractivity contribution is 5.99. The minimum atomic E-state index is -0.869. The van der Waals surface area contributed by atoms with Crippen molar-refractivity contribution >= 4 is 16.8 Å². The van der Waals surface area contributed by atoms with Crippen molar-refractivity contribution in [1.29, 1.82) is 0 Å². The third-order valence-electron chi connectivity index (χ3n) is 6.30. The van der Waals surface area contributed by atoms with E-state index in [1.54, 1.807) is 0 Å². The number of carbonyl (C=O) groups excluding carboxylic acids is 1. The van der Waals surface area contributed by atoms with Crippen LogP contribution in [0.2, 0.25) is 0 Å². The molecule has 23 heavy (non-hydrogen) atoms. The number of aliphatic hydroxyl groups is 1. The van der Waals surface area contributed by atoms with Crippen LogP contribution in [0.4, 0.5) is 0 Å². The van der Waals surface area contributed by atoms with E-state index < -0.39 is 6.10 Å². The number of benzene rings is 1. The monoisotopic (exact) mass is 310 g/mol. The molecule has 4 nitrogen and oxygen atoms in total. The number of hydrogen-bond acceptors (Lipinski definition) is 3. The molecule has 3 aliphatic rings. The lowest BCUT2D eigenvalue weighted by Crippen LogP contribution is -2.55. The molecule has 1 aromatic heterocycles. The summed E-state index contributed by atoms with van der Waals surface area (Å²) in [5.41, 5.74) is 3.48. The topological polar surface area (TPSA) is 45.5 Å². The minimum Gasteiger partial charge on any atom is -0.383 e. The number of carbonyl (C=O) groups is 1. The Morgan fingerprint density at radius 3 is 2.96 bits per heavy atom. The second kappa shape index (κ2) is 4.68. The van der Waals surface area contributed by atoms with Gasteiger partial charge in [-0.05, 0) is 30.4 Å². The maximum atomic E-state index is 12.9. The maximum Gasteiger partial charge on any atom is 0.260 e. The number of piperidine rings is 1. The van der Waals surface area contributed by atoms with Gasteiger partial charge < -0.3 is 5.11 Å². The van der Waals surface area contributed by atoms with Crippen LogP contribution in [-0.2, 0) is 6.42 Å². The fourth-order valence-electron chi connectivity index (χ4n) is 5.22. The lowest BCUT2D eigenvalue weighted by molar-refractivity contribution is -0.0323. The predicted octanol–water partition coefficient (Wildman–Crippen LogP) is 2.60. The number of hydrogen-bond donors (Lipinski definition) is 1. The van der Waals surface area contributed by atoms with Crippen LogP contribution in [0.3, 0.4) is 0 Å². The number of rotatable bonds is 1. The fraction of sp³-hybridized carbons (Fsp3) is 0.526. The Bertz CT molecular complexity index is 809. The molecular formula is C19H22N2O2. The summed E-state index contributed by atoms with van der Waals surface area (Å²) < 4.78 is 1.83. The van der Waals surface area contributed by atoms with Crippen LogP contribution < -0.4 is 0 Å². The fourth-order valence-corrected chi connectivity index (χ4v) is 5.22. The molecule has 0 bridgehead atoms. The molecule has 4 heterocycles. The Labute approximate surface area is 135 Å². The molecule has 3 aliphatic heterocycles. The highest BCUT2D eigenvalue weighted by atomic mass is 16.3. The smallest absolute Gasteiger partial charge is 0.260 e. The summed E-state index contributed by atoms with van der Waals surface area (Å²) in [6, 6.07) is 8.37. The summed E-state index contributed by atoms with van der Waals surface area (Å²) in [6.45, 7) is 4.35. The first-order valence-electron chi connectivity index (χ1n) is 8.79. The van der Waals surface area contributed by atoms with Crippen LogP contribution in [0.25, 0.3) is 10.9 Å². The van der Waals surface area contributed by atoms with Gasteiger partial charge in [-0.3, -0.25) is 14.3 Å². The second-order valence-corrected chi connectivity index (χ2v) is 7.36. The molecule has 4 unspecified atom stereocenters. The Morgan fingerprint density at radius 2 is 2.13 bits per heavy atom. The molecule has 4 atom stereocenters. The van der Waals surface area contributed by atoms with Crippen LogP contribution in [0.15, 0.2) is 24.3 Å². The van der Waals surface area contributed by atoms with Crippen molar-refractivity contribution in [2.45, 2.75) is 38.3 Å². The summed E-state index contributed by atoms with van der Waals surface area (Å²) in [7, 11) is 0. The third kappa shape index (κ3) is 1.65. The van der Waals surface area contributed by atoms with E-state index in [9.17, 15) is 9.90 Å². The van der Waals surface area contributed by atoms with Gasteiger partial charge in [0.15, 0.2) is 0 Å². The molecule has 1 aromatic carbocycles. The number of para-hydroxylation sites is 1. The molecule has 1 fully saturated rings. The van der Waals surface area contributed by atoms with E-state index in [0.717, 1.165) is 37.9 Å². The van der Waals surface area contributed by atoms with Gasteiger partial charge >= 0.3 is 0 Å². The number of aliphatic hydroxyl groups excluding tert-OH is 1. The summed E-state index contributed by atoms with van der Waals surface area (Å²) in [5, 5.41) is 11.9. The van der Waals surface area contributed by atoms with Crippen LogP contribution in [-0.4, -0.2) is 39.7 Å². The zero-order valence-corrected chi connectivity index (χ0v) is 13.4. The van der Waals surface area contributed by atoms with Crippen LogP contribution in [0.5, 0.6) is 0 Å². The highest BCUT2D eigenvalue weighted by Crippen LogP contribution is 2.49. The molecule has 1 N–H and O–H groups in total. The zero-order valence-electron chi connectivity index (χ0n) is 13.4. The normalized spacial score (nSPS) is 33.0. The third-order valence-corrected chi connectivity index (χ3v) is 6.30. The lowest BCUT2D eigenvalue weighted by atomic mass is 9.73. The Morgan fingerprint density at radius 1 is 1.30 bits per heavy atom. The minimum absolute atomic E-state index is 0.0528. The quantitative estimate of drug-likeness (QED) is 0.880. The Balaban J connectivity index is 1.79. The van der Waals surface area contributed by atoms with Crippen molar-refractivity contribution in [3.05, 3.63) is 35.5 Å². The standard InChI is InChI=1S/C19H22N2O2/c1-2-11-9-14-16-17-13(7-8-20(16)10-11)12-5-3-4-6-15(12)21(17)19(23)18(14)22/h3-6,11,14,16,18,22H,2,7-10H2,1H3. The van der Waals surface area contributed by atoms with Crippen molar-refractivity contribution in [3.63, 3.8) is 0 Å². The summed E-state index contributed by atoms with van der Waals surface area (Å²) >= 11 is 0. The molecular weight excluding hydrogens is 288 g/mol. The number of fused-ring (bicyclic) bond motifs is 3. The van der Waals surface area contributed by atoms with E-state index >= 15 is 0 Å². The largest absolute Gasteiger partial charge is 0.383 e. The number of aromatic nitrogens is 1. The van der Waals surface area contributed by atoms with E-state index in [-0.39, 0.29) is 17.9 Å².